The maximum atomic E-state index is 5.69. The van der Waals surface area contributed by atoms with E-state index in [4.69, 9.17) is 11.6 Å². The van der Waals surface area contributed by atoms with Crippen LogP contribution in [0, 0.1) is 11.8 Å². The van der Waals surface area contributed by atoms with Gasteiger partial charge < -0.3 is 0 Å². The molecular weight excluding hydrogens is 210 g/mol. The van der Waals surface area contributed by atoms with E-state index in [9.17, 15) is 0 Å². The van der Waals surface area contributed by atoms with Crippen molar-refractivity contribution >= 4 is 11.6 Å². The number of hydrogen-bond donors (Lipinski definition) is 0. The summed E-state index contributed by atoms with van der Waals surface area (Å²) in [5, 5.41) is 8.08. The second kappa shape index (κ2) is 4.97. The van der Waals surface area contributed by atoms with Gasteiger partial charge in [-0.25, -0.2) is 0 Å². The van der Waals surface area contributed by atoms with E-state index < -0.39 is 0 Å². The van der Waals surface area contributed by atoms with Crippen LogP contribution in [0.5, 0.6) is 0 Å². The fourth-order valence-electron chi connectivity index (χ4n) is 2.27. The molecule has 0 N–H and O–H groups in total. The second-order valence-corrected chi connectivity index (χ2v) is 4.96. The topological polar surface area (TPSA) is 30.7 Å². The molecule has 1 aromatic heterocycles. The van der Waals surface area contributed by atoms with Crippen LogP contribution in [-0.2, 0) is 12.4 Å². The molecule has 15 heavy (non-hydrogen) atoms. The van der Waals surface area contributed by atoms with Gasteiger partial charge in [0, 0.05) is 12.7 Å². The Morgan fingerprint density at radius 2 is 2.13 bits per heavy atom. The van der Waals surface area contributed by atoms with Crippen molar-refractivity contribution in [1.82, 2.24) is 15.0 Å². The average Bonchev–Trinajstić information content (AvgIpc) is 2.69. The largest absolute Gasteiger partial charge is 0.252 e. The molecule has 2 rings (SSSR count). The van der Waals surface area contributed by atoms with E-state index in [1.165, 1.54) is 25.7 Å². The van der Waals surface area contributed by atoms with Gasteiger partial charge in [-0.05, 0) is 24.7 Å². The molecule has 1 heterocycles. The first-order valence-electron chi connectivity index (χ1n) is 5.73. The van der Waals surface area contributed by atoms with Crippen LogP contribution >= 0.6 is 11.6 Å². The Bertz CT molecular complexity index is 303. The third kappa shape index (κ3) is 2.94. The van der Waals surface area contributed by atoms with Crippen molar-refractivity contribution < 1.29 is 0 Å². The molecule has 3 nitrogen and oxygen atoms in total. The molecule has 0 saturated heterocycles. The van der Waals surface area contributed by atoms with E-state index in [1.807, 2.05) is 10.9 Å². The molecule has 0 atom stereocenters. The molecule has 1 saturated carbocycles. The number of hydrogen-bond acceptors (Lipinski definition) is 2. The summed E-state index contributed by atoms with van der Waals surface area (Å²) in [5.74, 6) is 2.16. The van der Waals surface area contributed by atoms with Crippen molar-refractivity contribution in [3.8, 4) is 0 Å². The molecule has 0 bridgehead atoms. The van der Waals surface area contributed by atoms with E-state index in [0.29, 0.717) is 5.88 Å². The van der Waals surface area contributed by atoms with Crippen LogP contribution in [0.4, 0.5) is 0 Å². The third-order valence-corrected chi connectivity index (χ3v) is 3.58. The van der Waals surface area contributed by atoms with Crippen molar-refractivity contribution in [2.45, 2.75) is 45.0 Å². The molecule has 1 aliphatic rings. The predicted octanol–water partition coefficient (Wildman–Crippen LogP) is 2.84. The Morgan fingerprint density at radius 1 is 1.40 bits per heavy atom. The van der Waals surface area contributed by atoms with Gasteiger partial charge in [-0.3, -0.25) is 4.68 Å². The lowest BCUT2D eigenvalue weighted by Gasteiger charge is -2.25. The van der Waals surface area contributed by atoms with Gasteiger partial charge in [-0.15, -0.1) is 16.7 Å². The molecule has 0 aliphatic heterocycles. The molecule has 0 unspecified atom stereocenters. The Morgan fingerprint density at radius 3 is 2.73 bits per heavy atom. The third-order valence-electron chi connectivity index (χ3n) is 3.30. The average molecular weight is 228 g/mol. The highest BCUT2D eigenvalue weighted by Crippen LogP contribution is 2.29. The molecule has 4 heteroatoms. The van der Waals surface area contributed by atoms with Crippen LogP contribution in [0.3, 0.4) is 0 Å². The van der Waals surface area contributed by atoms with E-state index in [-0.39, 0.29) is 0 Å². The normalized spacial score (nSPS) is 26.8. The molecule has 1 aromatic rings. The molecule has 84 valence electrons. The monoisotopic (exact) mass is 227 g/mol. The fourth-order valence-corrected chi connectivity index (χ4v) is 2.39. The maximum Gasteiger partial charge on any atom is 0.0974 e. The molecule has 0 spiro atoms. The van der Waals surface area contributed by atoms with Crippen LogP contribution in [-0.4, -0.2) is 15.0 Å². The molecule has 1 fully saturated rings. The van der Waals surface area contributed by atoms with Crippen LogP contribution in [0.25, 0.3) is 0 Å². The smallest absolute Gasteiger partial charge is 0.0974 e. The summed E-state index contributed by atoms with van der Waals surface area (Å²) < 4.78 is 1.94. The molecule has 0 aromatic carbocycles. The Kier molecular flexibility index (Phi) is 3.62. The second-order valence-electron chi connectivity index (χ2n) is 4.69. The van der Waals surface area contributed by atoms with Gasteiger partial charge >= 0.3 is 0 Å². The SMILES string of the molecule is CC1CCC(Cn2cc(CCl)nn2)CC1. The number of alkyl halides is 1. The zero-order chi connectivity index (χ0) is 10.7. The fraction of sp³-hybridized carbons (Fsp3) is 0.818. The minimum atomic E-state index is 0.460. The molecule has 0 radical (unpaired) electrons. The van der Waals surface area contributed by atoms with E-state index >= 15 is 0 Å². The number of halogens is 1. The lowest BCUT2D eigenvalue weighted by atomic mass is 9.83. The highest BCUT2D eigenvalue weighted by Gasteiger charge is 2.18. The standard InChI is InChI=1S/C11H18ClN3/c1-9-2-4-10(5-3-9)7-15-8-11(6-12)13-14-15/h8-10H,2-7H2,1H3. The zero-order valence-electron chi connectivity index (χ0n) is 9.19. The van der Waals surface area contributed by atoms with Crippen LogP contribution in [0.15, 0.2) is 6.20 Å². The number of rotatable bonds is 3. The number of aromatic nitrogens is 3. The number of nitrogens with zero attached hydrogens (tertiary/aromatic N) is 3. The minimum Gasteiger partial charge on any atom is -0.252 e. The Hall–Kier alpha value is -0.570. The summed E-state index contributed by atoms with van der Waals surface area (Å²) in [6.45, 7) is 3.36. The Balaban J connectivity index is 1.86. The lowest BCUT2D eigenvalue weighted by molar-refractivity contribution is 0.256. The van der Waals surface area contributed by atoms with Gasteiger partial charge in [0.1, 0.15) is 0 Å². The summed E-state index contributed by atoms with van der Waals surface area (Å²) in [7, 11) is 0. The van der Waals surface area contributed by atoms with Crippen LogP contribution in [0.2, 0.25) is 0 Å². The Labute approximate surface area is 95.8 Å². The summed E-state index contributed by atoms with van der Waals surface area (Å²) in [6.07, 6.45) is 7.35. The summed E-state index contributed by atoms with van der Waals surface area (Å²) >= 11 is 5.69. The molecular formula is C11H18ClN3. The predicted molar refractivity (Wildman–Crippen MR) is 60.7 cm³/mol. The minimum absolute atomic E-state index is 0.460. The van der Waals surface area contributed by atoms with Gasteiger partial charge in [0.25, 0.3) is 0 Å². The summed E-state index contributed by atoms with van der Waals surface area (Å²) in [5.41, 5.74) is 0.876. The highest BCUT2D eigenvalue weighted by molar-refractivity contribution is 6.16. The van der Waals surface area contributed by atoms with Crippen LogP contribution in [0.1, 0.15) is 38.3 Å². The lowest BCUT2D eigenvalue weighted by Crippen LogP contribution is -2.18. The maximum absolute atomic E-state index is 5.69. The van der Waals surface area contributed by atoms with Gasteiger partial charge in [-0.2, -0.15) is 0 Å². The van der Waals surface area contributed by atoms with E-state index in [2.05, 4.69) is 17.2 Å². The summed E-state index contributed by atoms with van der Waals surface area (Å²) in [6, 6.07) is 0. The van der Waals surface area contributed by atoms with Crippen molar-refractivity contribution in [2.75, 3.05) is 0 Å². The van der Waals surface area contributed by atoms with Gasteiger partial charge in [0.15, 0.2) is 0 Å². The first-order valence-corrected chi connectivity index (χ1v) is 6.26. The van der Waals surface area contributed by atoms with Crippen molar-refractivity contribution in [3.05, 3.63) is 11.9 Å². The van der Waals surface area contributed by atoms with Gasteiger partial charge in [-0.1, -0.05) is 25.0 Å². The zero-order valence-corrected chi connectivity index (χ0v) is 9.95. The van der Waals surface area contributed by atoms with Crippen LogP contribution < -0.4 is 0 Å². The van der Waals surface area contributed by atoms with Gasteiger partial charge in [0.2, 0.25) is 0 Å². The van der Waals surface area contributed by atoms with Crippen molar-refractivity contribution in [3.63, 3.8) is 0 Å². The van der Waals surface area contributed by atoms with E-state index in [1.54, 1.807) is 0 Å². The van der Waals surface area contributed by atoms with Crippen molar-refractivity contribution in [1.29, 1.82) is 0 Å². The summed E-state index contributed by atoms with van der Waals surface area (Å²) in [4.78, 5) is 0. The first-order chi connectivity index (χ1) is 7.28. The molecule has 0 amide bonds. The quantitative estimate of drug-likeness (QED) is 0.744. The van der Waals surface area contributed by atoms with Gasteiger partial charge in [0.05, 0.1) is 11.6 Å². The van der Waals surface area contributed by atoms with Crippen molar-refractivity contribution in [2.24, 2.45) is 11.8 Å². The highest BCUT2D eigenvalue weighted by atomic mass is 35.5. The molecule has 1 aliphatic carbocycles. The first kappa shape index (κ1) is 10.9. The van der Waals surface area contributed by atoms with E-state index in [0.717, 1.165) is 24.1 Å².